The third kappa shape index (κ3) is 5.25. The van der Waals surface area contributed by atoms with E-state index in [2.05, 4.69) is 4.74 Å². The molecule has 0 aliphatic rings. The number of alkyl halides is 10. The van der Waals surface area contributed by atoms with Gasteiger partial charge in [0, 0.05) is 6.54 Å². The molecule has 1 amide bonds. The van der Waals surface area contributed by atoms with Crippen LogP contribution < -0.4 is 10.1 Å². The van der Waals surface area contributed by atoms with Gasteiger partial charge in [-0.1, -0.05) is 12.1 Å². The van der Waals surface area contributed by atoms with Crippen molar-refractivity contribution in [3.05, 3.63) is 29.8 Å². The van der Waals surface area contributed by atoms with Crippen LogP contribution in [0.4, 0.5) is 43.9 Å². The number of nitrogens with one attached hydrogen (secondary N) is 1. The average Bonchev–Trinajstić information content (AvgIpc) is 2.52. The summed E-state index contributed by atoms with van der Waals surface area (Å²) < 4.78 is 127. The number of hydrogen-bond donors (Lipinski definition) is 1. The van der Waals surface area contributed by atoms with Crippen molar-refractivity contribution < 1.29 is 58.2 Å². The van der Waals surface area contributed by atoms with E-state index in [0.717, 1.165) is 24.3 Å². The molecule has 0 aliphatic carbocycles. The van der Waals surface area contributed by atoms with Gasteiger partial charge in [-0.3, -0.25) is 4.79 Å². The molecule has 1 N–H and O–H groups in total. The highest BCUT2D eigenvalue weighted by Gasteiger charge is 2.65. The fourth-order valence-electron chi connectivity index (χ4n) is 1.61. The summed E-state index contributed by atoms with van der Waals surface area (Å²) in [5, 5.41) is 1.30. The second kappa shape index (κ2) is 7.83. The fourth-order valence-corrected chi connectivity index (χ4v) is 1.61. The summed E-state index contributed by atoms with van der Waals surface area (Å²) in [5.41, 5.74) is -0.0312. The van der Waals surface area contributed by atoms with E-state index in [4.69, 9.17) is 0 Å². The number of rotatable bonds is 6. The number of carbonyl (C=O) groups is 2. The maximum atomic E-state index is 12.8. The van der Waals surface area contributed by atoms with Gasteiger partial charge in [-0.05, 0) is 24.1 Å². The van der Waals surface area contributed by atoms with Crippen LogP contribution in [-0.4, -0.2) is 42.6 Å². The lowest BCUT2D eigenvalue weighted by molar-refractivity contribution is -0.276. The van der Waals surface area contributed by atoms with Gasteiger partial charge >= 0.3 is 30.2 Å². The predicted molar refractivity (Wildman–Crippen MR) is 70.8 cm³/mol. The molecule has 0 saturated heterocycles. The van der Waals surface area contributed by atoms with Crippen LogP contribution in [0.5, 0.6) is 5.75 Å². The number of carbonyl (C=O) groups excluding carboxylic acids is 2. The van der Waals surface area contributed by atoms with Crippen LogP contribution in [0.3, 0.4) is 0 Å². The molecular formula is C14H9F10NO3. The Morgan fingerprint density at radius 1 is 0.857 bits per heavy atom. The largest absolute Gasteiger partial charge is 0.465 e. The molecule has 0 aliphatic heterocycles. The van der Waals surface area contributed by atoms with Crippen LogP contribution in [-0.2, 0) is 16.0 Å². The van der Waals surface area contributed by atoms with Crippen LogP contribution in [0.25, 0.3) is 0 Å². The number of ether oxygens (including phenoxy) is 1. The van der Waals surface area contributed by atoms with Crippen LogP contribution in [0.15, 0.2) is 24.3 Å². The standard InChI is InChI=1S/C14H9F10NO3/c15-11(16,13(19,20)21)9(26)25-5-4-7-2-1-3-8(6-7)28-10(27)12(17,18)14(22,23)24/h1-3,6H,4-5H2,(H,25,26). The zero-order valence-electron chi connectivity index (χ0n) is 13.2. The Kier molecular flexibility index (Phi) is 6.57. The Bertz CT molecular complexity index is 727. The summed E-state index contributed by atoms with van der Waals surface area (Å²) in [4.78, 5) is 21.8. The van der Waals surface area contributed by atoms with Gasteiger partial charge in [0.25, 0.3) is 5.91 Å². The molecule has 0 spiro atoms. The minimum atomic E-state index is -6.20. The molecule has 0 unspecified atom stereocenters. The van der Waals surface area contributed by atoms with Crippen molar-refractivity contribution in [1.82, 2.24) is 5.32 Å². The van der Waals surface area contributed by atoms with E-state index < -0.39 is 54.8 Å². The molecule has 1 aromatic carbocycles. The molecule has 4 nitrogen and oxygen atoms in total. The van der Waals surface area contributed by atoms with Crippen molar-refractivity contribution in [3.8, 4) is 5.75 Å². The number of hydrogen-bond acceptors (Lipinski definition) is 3. The van der Waals surface area contributed by atoms with E-state index in [0.29, 0.717) is 0 Å². The second-order valence-corrected chi connectivity index (χ2v) is 5.19. The first-order valence-electron chi connectivity index (χ1n) is 6.98. The van der Waals surface area contributed by atoms with Gasteiger partial charge in [0.2, 0.25) is 0 Å². The molecule has 0 fully saturated rings. The minimum absolute atomic E-state index is 0.0312. The lowest BCUT2D eigenvalue weighted by Crippen LogP contribution is -2.50. The van der Waals surface area contributed by atoms with Gasteiger partial charge in [0.1, 0.15) is 5.75 Å². The van der Waals surface area contributed by atoms with Gasteiger partial charge in [-0.25, -0.2) is 4.79 Å². The van der Waals surface area contributed by atoms with Crippen molar-refractivity contribution in [2.24, 2.45) is 0 Å². The summed E-state index contributed by atoms with van der Waals surface area (Å²) in [7, 11) is 0. The molecule has 28 heavy (non-hydrogen) atoms. The molecule has 0 radical (unpaired) electrons. The molecule has 1 rings (SSSR count). The molecule has 1 aromatic rings. The molecule has 14 heteroatoms. The smallest absolute Gasteiger partial charge is 0.422 e. The van der Waals surface area contributed by atoms with E-state index in [9.17, 15) is 53.5 Å². The summed E-state index contributed by atoms with van der Waals surface area (Å²) in [6.07, 6.45) is -12.7. The maximum Gasteiger partial charge on any atom is 0.465 e. The Hall–Kier alpha value is -2.54. The van der Waals surface area contributed by atoms with Crippen LogP contribution in [0, 0.1) is 0 Å². The van der Waals surface area contributed by atoms with Gasteiger partial charge < -0.3 is 10.1 Å². The van der Waals surface area contributed by atoms with Crippen molar-refractivity contribution in [3.63, 3.8) is 0 Å². The van der Waals surface area contributed by atoms with Gasteiger partial charge in [-0.2, -0.15) is 43.9 Å². The van der Waals surface area contributed by atoms with E-state index in [1.54, 1.807) is 0 Å². The lowest BCUT2D eigenvalue weighted by Gasteiger charge is -2.19. The van der Waals surface area contributed by atoms with E-state index in [1.807, 2.05) is 0 Å². The molecular weight excluding hydrogens is 420 g/mol. The average molecular weight is 429 g/mol. The first-order chi connectivity index (χ1) is 12.5. The van der Waals surface area contributed by atoms with E-state index in [1.165, 1.54) is 5.32 Å². The topological polar surface area (TPSA) is 55.4 Å². The Balaban J connectivity index is 2.73. The van der Waals surface area contributed by atoms with Crippen molar-refractivity contribution in [2.75, 3.05) is 6.54 Å². The van der Waals surface area contributed by atoms with Gasteiger partial charge in [-0.15, -0.1) is 0 Å². The highest BCUT2D eigenvalue weighted by Crippen LogP contribution is 2.37. The molecule has 0 bridgehead atoms. The quantitative estimate of drug-likeness (QED) is 0.427. The SMILES string of the molecule is O=C(NCCc1cccc(OC(=O)C(F)(F)C(F)(F)F)c1)C(F)(F)C(F)(F)F. The normalized spacial score (nSPS) is 13.2. The van der Waals surface area contributed by atoms with Gasteiger partial charge in [0.05, 0.1) is 0 Å². The van der Waals surface area contributed by atoms with Gasteiger partial charge in [0.15, 0.2) is 0 Å². The molecule has 0 saturated carbocycles. The predicted octanol–water partition coefficient (Wildman–Crippen LogP) is 3.65. The minimum Gasteiger partial charge on any atom is -0.422 e. The fraction of sp³-hybridized carbons (Fsp3) is 0.429. The van der Waals surface area contributed by atoms with Crippen LogP contribution in [0.2, 0.25) is 0 Å². The summed E-state index contributed by atoms with van der Waals surface area (Å²) in [5.74, 6) is -17.8. The van der Waals surface area contributed by atoms with Crippen molar-refractivity contribution >= 4 is 11.9 Å². The first kappa shape index (κ1) is 23.5. The second-order valence-electron chi connectivity index (χ2n) is 5.19. The van der Waals surface area contributed by atoms with Crippen LogP contribution >= 0.6 is 0 Å². The molecule has 0 aromatic heterocycles. The Morgan fingerprint density at radius 3 is 1.89 bits per heavy atom. The van der Waals surface area contributed by atoms with E-state index >= 15 is 0 Å². The first-order valence-corrected chi connectivity index (χ1v) is 6.98. The monoisotopic (exact) mass is 429 g/mol. The molecule has 0 heterocycles. The zero-order valence-corrected chi connectivity index (χ0v) is 13.2. The summed E-state index contributed by atoms with van der Waals surface area (Å²) in [6, 6.07) is 3.77. The maximum absolute atomic E-state index is 12.8. The number of halogens is 10. The van der Waals surface area contributed by atoms with Crippen molar-refractivity contribution in [2.45, 2.75) is 30.6 Å². The Morgan fingerprint density at radius 2 is 1.39 bits per heavy atom. The van der Waals surface area contributed by atoms with Crippen LogP contribution in [0.1, 0.15) is 5.56 Å². The number of benzene rings is 1. The molecule has 158 valence electrons. The Labute approximate surface area is 149 Å². The third-order valence-corrected chi connectivity index (χ3v) is 3.06. The lowest BCUT2D eigenvalue weighted by atomic mass is 10.1. The van der Waals surface area contributed by atoms with Crippen molar-refractivity contribution in [1.29, 1.82) is 0 Å². The molecule has 0 atom stereocenters. The van der Waals surface area contributed by atoms with E-state index in [-0.39, 0.29) is 5.56 Å². The number of amides is 1. The third-order valence-electron chi connectivity index (χ3n) is 3.06. The summed E-state index contributed by atoms with van der Waals surface area (Å²) in [6.45, 7) is -0.763. The summed E-state index contributed by atoms with van der Waals surface area (Å²) >= 11 is 0. The number of esters is 1. The zero-order chi connectivity index (χ0) is 22.0. The highest BCUT2D eigenvalue weighted by atomic mass is 19.4. The highest BCUT2D eigenvalue weighted by molar-refractivity contribution is 5.84.